The van der Waals surface area contributed by atoms with Crippen LogP contribution in [-0.2, 0) is 4.79 Å². The van der Waals surface area contributed by atoms with E-state index in [0.717, 1.165) is 5.56 Å². The minimum absolute atomic E-state index is 0.148. The number of amides is 2. The van der Waals surface area contributed by atoms with Crippen molar-refractivity contribution in [3.63, 3.8) is 0 Å². The first-order valence-corrected chi connectivity index (χ1v) is 8.68. The van der Waals surface area contributed by atoms with Crippen LogP contribution in [0.4, 0.5) is 5.69 Å². The van der Waals surface area contributed by atoms with Crippen LogP contribution in [0.3, 0.4) is 0 Å². The monoisotopic (exact) mass is 393 g/mol. The number of methoxy groups -OCH3 is 1. The highest BCUT2D eigenvalue weighted by atomic mass is 16.5. The lowest BCUT2D eigenvalue weighted by Crippen LogP contribution is -2.20. The zero-order valence-corrected chi connectivity index (χ0v) is 15.6. The average Bonchev–Trinajstić information content (AvgIpc) is 3.28. The highest BCUT2D eigenvalue weighted by Gasteiger charge is 2.08. The lowest BCUT2D eigenvalue weighted by molar-refractivity contribution is -0.118. The normalized spacial score (nSPS) is 10.5. The Morgan fingerprint density at radius 3 is 2.59 bits per heavy atom. The molecule has 2 aromatic carbocycles. The van der Waals surface area contributed by atoms with E-state index in [1.807, 2.05) is 6.07 Å². The summed E-state index contributed by atoms with van der Waals surface area (Å²) in [6.07, 6.45) is 2.90. The summed E-state index contributed by atoms with van der Waals surface area (Å²) in [5.74, 6) is 0.533. The summed E-state index contributed by atoms with van der Waals surface area (Å²) in [5.41, 5.74) is 3.68. The maximum Gasteiger partial charge on any atom is 0.307 e. The highest BCUT2D eigenvalue weighted by Crippen LogP contribution is 2.22. The van der Waals surface area contributed by atoms with Gasteiger partial charge in [-0.15, -0.1) is 0 Å². The molecule has 2 amide bonds. The Morgan fingerprint density at radius 2 is 1.86 bits per heavy atom. The number of hydrazone groups is 1. The van der Waals surface area contributed by atoms with E-state index in [1.54, 1.807) is 54.6 Å². The first-order valence-electron chi connectivity index (χ1n) is 8.68. The van der Waals surface area contributed by atoms with Crippen LogP contribution in [0.5, 0.6) is 11.5 Å². The smallest absolute Gasteiger partial charge is 0.307 e. The summed E-state index contributed by atoms with van der Waals surface area (Å²) in [5, 5.41) is 6.60. The first kappa shape index (κ1) is 19.7. The van der Waals surface area contributed by atoms with Crippen molar-refractivity contribution in [1.82, 2.24) is 5.43 Å². The quantitative estimate of drug-likeness (QED) is 0.452. The van der Waals surface area contributed by atoms with Gasteiger partial charge in [0.05, 0.1) is 25.3 Å². The zero-order valence-electron chi connectivity index (χ0n) is 15.6. The third-order valence-electron chi connectivity index (χ3n) is 3.76. The molecule has 8 nitrogen and oxygen atoms in total. The molecule has 0 unspecified atom stereocenters. The Bertz CT molecular complexity index is 982. The number of hydrogen-bond donors (Lipinski definition) is 2. The van der Waals surface area contributed by atoms with Gasteiger partial charge >= 0.3 is 5.91 Å². The number of nitrogens with zero attached hydrogens (tertiary/aromatic N) is 1. The minimum Gasteiger partial charge on any atom is -0.495 e. The van der Waals surface area contributed by atoms with Crippen molar-refractivity contribution in [3.8, 4) is 11.5 Å². The van der Waals surface area contributed by atoms with E-state index in [4.69, 9.17) is 13.9 Å². The number of benzene rings is 2. The van der Waals surface area contributed by atoms with Gasteiger partial charge in [-0.2, -0.15) is 5.10 Å². The predicted octanol–water partition coefficient (Wildman–Crippen LogP) is 3.07. The van der Waals surface area contributed by atoms with E-state index in [9.17, 15) is 9.59 Å². The lowest BCUT2D eigenvalue weighted by Gasteiger charge is -2.10. The number of carbonyl (C=O) groups excluding carboxylic acids is 2. The number of nitrogens with one attached hydrogen (secondary N) is 2. The largest absolute Gasteiger partial charge is 0.495 e. The number of ether oxygens (including phenoxy) is 2. The maximum absolute atomic E-state index is 12.1. The number of furan rings is 1. The molecule has 1 heterocycles. The van der Waals surface area contributed by atoms with Gasteiger partial charge in [0.2, 0.25) is 0 Å². The molecule has 0 aliphatic carbocycles. The van der Waals surface area contributed by atoms with E-state index >= 15 is 0 Å². The van der Waals surface area contributed by atoms with Crippen LogP contribution < -0.4 is 20.2 Å². The molecule has 29 heavy (non-hydrogen) atoms. The van der Waals surface area contributed by atoms with E-state index in [2.05, 4.69) is 15.8 Å². The first-order chi connectivity index (χ1) is 14.2. The molecule has 1 aromatic heterocycles. The fourth-order valence-electron chi connectivity index (χ4n) is 2.36. The number of rotatable bonds is 8. The maximum atomic E-state index is 12.1. The standard InChI is InChI=1S/C21H19N3O5/c1-27-18-6-3-2-5-17(18)23-20(25)14-29-16-10-8-15(9-11-16)13-22-24-21(26)19-7-4-12-28-19/h2-13H,14H2,1H3,(H,23,25)(H,24,26). The Labute approximate surface area is 167 Å². The molecule has 3 rings (SSSR count). The second kappa shape index (κ2) is 9.75. The van der Waals surface area contributed by atoms with E-state index < -0.39 is 5.91 Å². The molecular weight excluding hydrogens is 374 g/mol. The molecule has 0 aliphatic rings. The SMILES string of the molecule is COc1ccccc1NC(=O)COc1ccc(C=NNC(=O)c2ccco2)cc1. The number of anilines is 1. The van der Waals surface area contributed by atoms with Crippen molar-refractivity contribution in [3.05, 3.63) is 78.3 Å². The summed E-state index contributed by atoms with van der Waals surface area (Å²) in [6, 6.07) is 17.2. The Morgan fingerprint density at radius 1 is 1.07 bits per heavy atom. The van der Waals surface area contributed by atoms with E-state index in [-0.39, 0.29) is 18.3 Å². The molecule has 0 bridgehead atoms. The van der Waals surface area contributed by atoms with Gasteiger partial charge in [0.1, 0.15) is 11.5 Å². The fraction of sp³-hybridized carbons (Fsp3) is 0.0952. The van der Waals surface area contributed by atoms with Gasteiger partial charge in [-0.1, -0.05) is 12.1 Å². The zero-order chi connectivity index (χ0) is 20.5. The van der Waals surface area contributed by atoms with Crippen molar-refractivity contribution in [2.24, 2.45) is 5.10 Å². The minimum atomic E-state index is -0.438. The molecule has 0 aliphatic heterocycles. The Kier molecular flexibility index (Phi) is 6.62. The second-order valence-corrected chi connectivity index (χ2v) is 5.78. The van der Waals surface area contributed by atoms with Crippen LogP contribution in [0, 0.1) is 0 Å². The molecule has 2 N–H and O–H groups in total. The van der Waals surface area contributed by atoms with E-state index in [0.29, 0.717) is 17.2 Å². The van der Waals surface area contributed by atoms with Gasteiger partial charge < -0.3 is 19.2 Å². The van der Waals surface area contributed by atoms with E-state index in [1.165, 1.54) is 19.6 Å². The predicted molar refractivity (Wildman–Crippen MR) is 107 cm³/mol. The van der Waals surface area contributed by atoms with Crippen LogP contribution in [0.1, 0.15) is 16.1 Å². The fourth-order valence-corrected chi connectivity index (χ4v) is 2.36. The Balaban J connectivity index is 1.47. The van der Waals surface area contributed by atoms with Crippen molar-refractivity contribution in [2.45, 2.75) is 0 Å². The topological polar surface area (TPSA) is 102 Å². The molecule has 0 radical (unpaired) electrons. The van der Waals surface area contributed by atoms with Gasteiger partial charge in [-0.05, 0) is 54.1 Å². The van der Waals surface area contributed by atoms with Gasteiger partial charge in [0, 0.05) is 0 Å². The van der Waals surface area contributed by atoms with Crippen molar-refractivity contribution < 1.29 is 23.5 Å². The summed E-state index contributed by atoms with van der Waals surface area (Å²) in [4.78, 5) is 23.7. The lowest BCUT2D eigenvalue weighted by atomic mass is 10.2. The average molecular weight is 393 g/mol. The summed E-state index contributed by atoms with van der Waals surface area (Å²) < 4.78 is 15.6. The molecular formula is C21H19N3O5. The van der Waals surface area contributed by atoms with Gasteiger partial charge in [0.15, 0.2) is 12.4 Å². The van der Waals surface area contributed by atoms with Crippen LogP contribution in [-0.4, -0.2) is 31.7 Å². The van der Waals surface area contributed by atoms with Crippen molar-refractivity contribution in [1.29, 1.82) is 0 Å². The summed E-state index contributed by atoms with van der Waals surface area (Å²) in [7, 11) is 1.54. The van der Waals surface area contributed by atoms with Crippen molar-refractivity contribution >= 4 is 23.7 Å². The third kappa shape index (κ3) is 5.70. The molecule has 0 fully saturated rings. The molecule has 0 atom stereocenters. The summed E-state index contributed by atoms with van der Waals surface area (Å²) in [6.45, 7) is -0.148. The second-order valence-electron chi connectivity index (χ2n) is 5.78. The molecule has 148 valence electrons. The molecule has 0 saturated carbocycles. The van der Waals surface area contributed by atoms with Gasteiger partial charge in [0.25, 0.3) is 5.91 Å². The van der Waals surface area contributed by atoms with Crippen LogP contribution >= 0.6 is 0 Å². The number of hydrogen-bond acceptors (Lipinski definition) is 6. The summed E-state index contributed by atoms with van der Waals surface area (Å²) >= 11 is 0. The van der Waals surface area contributed by atoms with Crippen LogP contribution in [0.15, 0.2) is 76.4 Å². The third-order valence-corrected chi connectivity index (χ3v) is 3.76. The molecule has 8 heteroatoms. The highest BCUT2D eigenvalue weighted by molar-refractivity contribution is 5.93. The Hall–Kier alpha value is -4.07. The van der Waals surface area contributed by atoms with Crippen LogP contribution in [0.2, 0.25) is 0 Å². The van der Waals surface area contributed by atoms with Gasteiger partial charge in [-0.3, -0.25) is 9.59 Å². The van der Waals surface area contributed by atoms with Crippen LogP contribution in [0.25, 0.3) is 0 Å². The van der Waals surface area contributed by atoms with Crippen molar-refractivity contribution in [2.75, 3.05) is 19.0 Å². The number of para-hydroxylation sites is 2. The molecule has 0 saturated heterocycles. The number of carbonyl (C=O) groups is 2. The van der Waals surface area contributed by atoms with Gasteiger partial charge in [-0.25, -0.2) is 5.43 Å². The molecule has 3 aromatic rings. The molecule has 0 spiro atoms.